The van der Waals surface area contributed by atoms with Crippen molar-refractivity contribution in [3.05, 3.63) is 53.4 Å². The van der Waals surface area contributed by atoms with E-state index in [9.17, 15) is 4.39 Å². The molecular formula is C16H22FN3. The highest BCUT2D eigenvalue weighted by atomic mass is 19.1. The third-order valence-electron chi connectivity index (χ3n) is 3.60. The highest BCUT2D eigenvalue weighted by Gasteiger charge is 2.16. The molecule has 4 heteroatoms. The SMILES string of the molecule is CCNC(Cc1nccn1CC)c1cc(F)ccc1C. The van der Waals surface area contributed by atoms with Crippen molar-refractivity contribution < 1.29 is 4.39 Å². The van der Waals surface area contributed by atoms with Gasteiger partial charge in [0.1, 0.15) is 11.6 Å². The number of nitrogens with one attached hydrogen (secondary N) is 1. The lowest BCUT2D eigenvalue weighted by atomic mass is 9.98. The Balaban J connectivity index is 2.29. The van der Waals surface area contributed by atoms with Crippen LogP contribution in [0.4, 0.5) is 4.39 Å². The molecular weight excluding hydrogens is 253 g/mol. The van der Waals surface area contributed by atoms with Gasteiger partial charge in [0.15, 0.2) is 0 Å². The molecule has 1 atom stereocenters. The lowest BCUT2D eigenvalue weighted by molar-refractivity contribution is 0.515. The van der Waals surface area contributed by atoms with Crippen LogP contribution >= 0.6 is 0 Å². The number of likely N-dealkylation sites (N-methyl/N-ethyl adjacent to an activating group) is 1. The Morgan fingerprint density at radius 1 is 1.35 bits per heavy atom. The smallest absolute Gasteiger partial charge is 0.123 e. The van der Waals surface area contributed by atoms with Crippen LogP contribution in [0.1, 0.15) is 36.8 Å². The van der Waals surface area contributed by atoms with Crippen LogP contribution in [0.3, 0.4) is 0 Å². The van der Waals surface area contributed by atoms with Gasteiger partial charge < -0.3 is 9.88 Å². The normalized spacial score (nSPS) is 12.6. The summed E-state index contributed by atoms with van der Waals surface area (Å²) in [5, 5.41) is 3.44. The second-order valence-electron chi connectivity index (χ2n) is 4.94. The van der Waals surface area contributed by atoms with Gasteiger partial charge in [-0.3, -0.25) is 0 Å². The van der Waals surface area contributed by atoms with E-state index in [1.165, 1.54) is 6.07 Å². The lowest BCUT2D eigenvalue weighted by Crippen LogP contribution is -2.25. The summed E-state index contributed by atoms with van der Waals surface area (Å²) in [5.41, 5.74) is 2.12. The van der Waals surface area contributed by atoms with E-state index < -0.39 is 0 Å². The molecule has 20 heavy (non-hydrogen) atoms. The van der Waals surface area contributed by atoms with Gasteiger partial charge in [0.05, 0.1) is 0 Å². The van der Waals surface area contributed by atoms with Crippen LogP contribution in [0, 0.1) is 12.7 Å². The zero-order valence-corrected chi connectivity index (χ0v) is 12.4. The number of halogens is 1. The number of imidazole rings is 1. The average Bonchev–Trinajstić information content (AvgIpc) is 2.88. The van der Waals surface area contributed by atoms with E-state index in [1.807, 2.05) is 25.4 Å². The maximum absolute atomic E-state index is 13.5. The molecule has 1 heterocycles. The Labute approximate surface area is 119 Å². The summed E-state index contributed by atoms with van der Waals surface area (Å²) in [6.07, 6.45) is 4.57. The molecule has 0 radical (unpaired) electrons. The van der Waals surface area contributed by atoms with Gasteiger partial charge in [-0.15, -0.1) is 0 Å². The van der Waals surface area contributed by atoms with Crippen molar-refractivity contribution in [1.82, 2.24) is 14.9 Å². The van der Waals surface area contributed by atoms with Crippen molar-refractivity contribution in [2.75, 3.05) is 6.54 Å². The van der Waals surface area contributed by atoms with E-state index in [-0.39, 0.29) is 11.9 Å². The van der Waals surface area contributed by atoms with Crippen LogP contribution in [0.5, 0.6) is 0 Å². The first-order valence-corrected chi connectivity index (χ1v) is 7.15. The summed E-state index contributed by atoms with van der Waals surface area (Å²) < 4.78 is 15.6. The number of aryl methyl sites for hydroxylation is 2. The Morgan fingerprint density at radius 2 is 2.15 bits per heavy atom. The van der Waals surface area contributed by atoms with Gasteiger partial charge in [-0.05, 0) is 43.7 Å². The van der Waals surface area contributed by atoms with Crippen molar-refractivity contribution in [3.8, 4) is 0 Å². The molecule has 0 amide bonds. The average molecular weight is 275 g/mol. The molecule has 0 aliphatic heterocycles. The fourth-order valence-corrected chi connectivity index (χ4v) is 2.53. The summed E-state index contributed by atoms with van der Waals surface area (Å²) in [6.45, 7) is 7.92. The molecule has 1 aromatic heterocycles. The fourth-order valence-electron chi connectivity index (χ4n) is 2.53. The predicted octanol–water partition coefficient (Wildman–Crippen LogP) is 3.24. The quantitative estimate of drug-likeness (QED) is 0.877. The third-order valence-corrected chi connectivity index (χ3v) is 3.60. The largest absolute Gasteiger partial charge is 0.335 e. The van der Waals surface area contributed by atoms with Crippen LogP contribution in [0.25, 0.3) is 0 Å². The lowest BCUT2D eigenvalue weighted by Gasteiger charge is -2.20. The molecule has 108 valence electrons. The number of rotatable bonds is 6. The van der Waals surface area contributed by atoms with Gasteiger partial charge in [0.2, 0.25) is 0 Å². The highest BCUT2D eigenvalue weighted by molar-refractivity contribution is 5.30. The molecule has 3 nitrogen and oxygen atoms in total. The summed E-state index contributed by atoms with van der Waals surface area (Å²) >= 11 is 0. The topological polar surface area (TPSA) is 29.9 Å². The first-order chi connectivity index (χ1) is 9.65. The minimum Gasteiger partial charge on any atom is -0.335 e. The molecule has 1 aromatic carbocycles. The van der Waals surface area contributed by atoms with Crippen LogP contribution < -0.4 is 5.32 Å². The van der Waals surface area contributed by atoms with Gasteiger partial charge in [0, 0.05) is 31.4 Å². The summed E-state index contributed by atoms with van der Waals surface area (Å²) in [4.78, 5) is 4.42. The van der Waals surface area contributed by atoms with Gasteiger partial charge in [0.25, 0.3) is 0 Å². The number of aromatic nitrogens is 2. The molecule has 0 spiro atoms. The molecule has 1 unspecified atom stereocenters. The summed E-state index contributed by atoms with van der Waals surface area (Å²) in [5.74, 6) is 0.842. The molecule has 2 aromatic rings. The first kappa shape index (κ1) is 14.7. The van der Waals surface area contributed by atoms with Crippen molar-refractivity contribution in [1.29, 1.82) is 0 Å². The molecule has 0 saturated heterocycles. The summed E-state index contributed by atoms with van der Waals surface area (Å²) in [6, 6.07) is 5.06. The van der Waals surface area contributed by atoms with E-state index in [2.05, 4.69) is 28.7 Å². The minimum atomic E-state index is -0.188. The second kappa shape index (κ2) is 6.66. The molecule has 0 aliphatic carbocycles. The van der Waals surface area contributed by atoms with Crippen LogP contribution in [-0.4, -0.2) is 16.1 Å². The number of hydrogen-bond acceptors (Lipinski definition) is 2. The van der Waals surface area contributed by atoms with Gasteiger partial charge in [-0.2, -0.15) is 0 Å². The monoisotopic (exact) mass is 275 g/mol. The molecule has 1 N–H and O–H groups in total. The zero-order chi connectivity index (χ0) is 14.5. The standard InChI is InChI=1S/C16H22FN3/c1-4-18-15(11-16-19-8-9-20(16)5-2)14-10-13(17)7-6-12(14)3/h6-10,15,18H,4-5,11H2,1-3H3. The second-order valence-corrected chi connectivity index (χ2v) is 4.94. The van der Waals surface area contributed by atoms with E-state index in [4.69, 9.17) is 0 Å². The van der Waals surface area contributed by atoms with Crippen molar-refractivity contribution in [3.63, 3.8) is 0 Å². The van der Waals surface area contributed by atoms with E-state index in [0.29, 0.717) is 0 Å². The van der Waals surface area contributed by atoms with E-state index in [0.717, 1.165) is 36.5 Å². The molecule has 0 bridgehead atoms. The van der Waals surface area contributed by atoms with E-state index in [1.54, 1.807) is 6.07 Å². The third kappa shape index (κ3) is 3.25. The van der Waals surface area contributed by atoms with Crippen molar-refractivity contribution >= 4 is 0 Å². The Bertz CT molecular complexity index is 563. The van der Waals surface area contributed by atoms with Gasteiger partial charge in [-0.1, -0.05) is 13.0 Å². The molecule has 0 aliphatic rings. The Kier molecular flexibility index (Phi) is 4.90. The van der Waals surface area contributed by atoms with Crippen LogP contribution in [0.2, 0.25) is 0 Å². The predicted molar refractivity (Wildman–Crippen MR) is 79.2 cm³/mol. The maximum Gasteiger partial charge on any atom is 0.123 e. The molecule has 2 rings (SSSR count). The molecule has 0 saturated carbocycles. The minimum absolute atomic E-state index is 0.0865. The number of benzene rings is 1. The zero-order valence-electron chi connectivity index (χ0n) is 12.4. The van der Waals surface area contributed by atoms with Crippen molar-refractivity contribution in [2.45, 2.75) is 39.8 Å². The van der Waals surface area contributed by atoms with Crippen LogP contribution in [-0.2, 0) is 13.0 Å². The molecule has 0 fully saturated rings. The summed E-state index contributed by atoms with van der Waals surface area (Å²) in [7, 11) is 0. The van der Waals surface area contributed by atoms with Gasteiger partial charge >= 0.3 is 0 Å². The number of nitrogens with zero attached hydrogens (tertiary/aromatic N) is 2. The first-order valence-electron chi connectivity index (χ1n) is 7.15. The Morgan fingerprint density at radius 3 is 2.85 bits per heavy atom. The maximum atomic E-state index is 13.5. The van der Waals surface area contributed by atoms with Crippen LogP contribution in [0.15, 0.2) is 30.6 Å². The van der Waals surface area contributed by atoms with Gasteiger partial charge in [-0.25, -0.2) is 9.37 Å². The Hall–Kier alpha value is -1.68. The van der Waals surface area contributed by atoms with Crippen molar-refractivity contribution in [2.24, 2.45) is 0 Å². The number of hydrogen-bond donors (Lipinski definition) is 1. The highest BCUT2D eigenvalue weighted by Crippen LogP contribution is 2.22. The van der Waals surface area contributed by atoms with E-state index >= 15 is 0 Å². The fraction of sp³-hybridized carbons (Fsp3) is 0.438.